The molecular weight excluding hydrogens is 606 g/mol. The van der Waals surface area contributed by atoms with Gasteiger partial charge in [-0.15, -0.1) is 0 Å². The average molecular weight is 646 g/mol. The van der Waals surface area contributed by atoms with Crippen LogP contribution in [-0.4, -0.2) is 44.3 Å². The van der Waals surface area contributed by atoms with E-state index in [1.165, 1.54) is 4.90 Å². The number of carbonyl (C=O) groups is 2. The molecule has 0 aliphatic carbocycles. The van der Waals surface area contributed by atoms with E-state index < -0.39 is 28.5 Å². The molecule has 0 radical (unpaired) electrons. The number of carbonyl (C=O) groups excluding carboxylic acids is 2. The predicted octanol–water partition coefficient (Wildman–Crippen LogP) is 6.71. The molecule has 0 saturated carbocycles. The Kier molecular flexibility index (Phi) is 11.8. The summed E-state index contributed by atoms with van der Waals surface area (Å²) in [7, 11) is -4.16. The fourth-order valence-electron chi connectivity index (χ4n) is 5.04. The molecule has 0 spiro atoms. The van der Waals surface area contributed by atoms with Crippen molar-refractivity contribution in [1.29, 1.82) is 0 Å². The molecule has 4 aromatic rings. The van der Waals surface area contributed by atoms with Gasteiger partial charge in [0.2, 0.25) is 11.8 Å². The lowest BCUT2D eigenvalue weighted by Crippen LogP contribution is -2.53. The zero-order valence-electron chi connectivity index (χ0n) is 25.9. The van der Waals surface area contributed by atoms with Crippen molar-refractivity contribution in [3.8, 4) is 0 Å². The smallest absolute Gasteiger partial charge is 0.264 e. The van der Waals surface area contributed by atoms with Gasteiger partial charge in [-0.05, 0) is 67.3 Å². The van der Waals surface area contributed by atoms with Crippen LogP contribution < -0.4 is 9.62 Å². The molecule has 4 aromatic carbocycles. The van der Waals surface area contributed by atoms with Gasteiger partial charge in [0.25, 0.3) is 10.0 Å². The number of para-hydroxylation sites is 1. The van der Waals surface area contributed by atoms with E-state index in [1.807, 2.05) is 63.2 Å². The number of benzene rings is 4. The van der Waals surface area contributed by atoms with Crippen LogP contribution in [0, 0.1) is 13.8 Å². The maximum Gasteiger partial charge on any atom is 0.264 e. The Balaban J connectivity index is 1.79. The van der Waals surface area contributed by atoms with Crippen LogP contribution in [0.25, 0.3) is 0 Å². The quantitative estimate of drug-likeness (QED) is 0.155. The average Bonchev–Trinajstić information content (AvgIpc) is 3.03. The topological polar surface area (TPSA) is 86.8 Å². The summed E-state index contributed by atoms with van der Waals surface area (Å²) in [6, 6.07) is 29.3. The Morgan fingerprint density at radius 2 is 1.47 bits per heavy atom. The Bertz CT molecular complexity index is 1680. The molecule has 236 valence electrons. The Hall–Kier alpha value is -4.14. The summed E-state index contributed by atoms with van der Waals surface area (Å²) in [5.74, 6) is -0.797. The largest absolute Gasteiger partial charge is 0.354 e. The fourth-order valence-corrected chi connectivity index (χ4v) is 6.65. The normalized spacial score (nSPS) is 11.9. The van der Waals surface area contributed by atoms with Crippen molar-refractivity contribution in [3.05, 3.63) is 130 Å². The number of halogens is 1. The summed E-state index contributed by atoms with van der Waals surface area (Å²) >= 11 is 6.15. The summed E-state index contributed by atoms with van der Waals surface area (Å²) < 4.78 is 29.5. The lowest BCUT2D eigenvalue weighted by atomic mass is 10.0. The van der Waals surface area contributed by atoms with Crippen LogP contribution in [0.2, 0.25) is 5.02 Å². The van der Waals surface area contributed by atoms with Gasteiger partial charge in [-0.2, -0.15) is 0 Å². The van der Waals surface area contributed by atoms with Gasteiger partial charge in [0, 0.05) is 24.5 Å². The standard InChI is InChI=1S/C36H40ClN3O4S/c1-4-5-23-38-36(42)34(24-29-12-7-6-8-13-29)39(25-30-17-19-31(37)20-18-30)35(41)26-40(33-14-10-9-11-28(33)3)45(43,44)32-21-15-27(2)16-22-32/h6-22,34H,4-5,23-26H2,1-3H3,(H,38,42)/t34-/m1/s1. The molecule has 4 rings (SSSR count). The molecule has 0 aliphatic rings. The van der Waals surface area contributed by atoms with Crippen molar-refractivity contribution in [2.24, 2.45) is 0 Å². The molecule has 0 fully saturated rings. The highest BCUT2D eigenvalue weighted by Crippen LogP contribution is 2.28. The van der Waals surface area contributed by atoms with Crippen LogP contribution in [0.1, 0.15) is 42.0 Å². The Morgan fingerprint density at radius 1 is 0.822 bits per heavy atom. The van der Waals surface area contributed by atoms with Gasteiger partial charge in [-0.1, -0.05) is 103 Å². The van der Waals surface area contributed by atoms with Gasteiger partial charge in [0.1, 0.15) is 12.6 Å². The van der Waals surface area contributed by atoms with E-state index in [0.717, 1.165) is 33.8 Å². The van der Waals surface area contributed by atoms with Crippen LogP contribution in [0.4, 0.5) is 5.69 Å². The van der Waals surface area contributed by atoms with Gasteiger partial charge in [0.05, 0.1) is 10.6 Å². The highest BCUT2D eigenvalue weighted by atomic mass is 35.5. The summed E-state index contributed by atoms with van der Waals surface area (Å²) in [4.78, 5) is 29.9. The molecule has 0 bridgehead atoms. The molecule has 1 atom stereocenters. The molecule has 2 amide bonds. The Labute approximate surface area is 271 Å². The second kappa shape index (κ2) is 15.7. The molecule has 7 nitrogen and oxygen atoms in total. The van der Waals surface area contributed by atoms with Gasteiger partial charge < -0.3 is 10.2 Å². The van der Waals surface area contributed by atoms with Crippen LogP contribution in [-0.2, 0) is 32.6 Å². The van der Waals surface area contributed by atoms with E-state index in [2.05, 4.69) is 5.32 Å². The SMILES string of the molecule is CCCCNC(=O)[C@@H](Cc1ccccc1)N(Cc1ccc(Cl)cc1)C(=O)CN(c1ccccc1C)S(=O)(=O)c1ccc(C)cc1. The van der Waals surface area contributed by atoms with Crippen molar-refractivity contribution < 1.29 is 18.0 Å². The number of sulfonamides is 1. The predicted molar refractivity (Wildman–Crippen MR) is 181 cm³/mol. The highest BCUT2D eigenvalue weighted by molar-refractivity contribution is 7.92. The second-order valence-electron chi connectivity index (χ2n) is 11.1. The van der Waals surface area contributed by atoms with Crippen LogP contribution in [0.3, 0.4) is 0 Å². The summed E-state index contributed by atoms with van der Waals surface area (Å²) in [6.07, 6.45) is 1.96. The number of unbranched alkanes of at least 4 members (excludes halogenated alkanes) is 1. The third-order valence-corrected chi connectivity index (χ3v) is 9.66. The molecule has 0 unspecified atom stereocenters. The number of hydrogen-bond donors (Lipinski definition) is 1. The molecule has 45 heavy (non-hydrogen) atoms. The maximum atomic E-state index is 14.5. The Morgan fingerprint density at radius 3 is 2.11 bits per heavy atom. The van der Waals surface area contributed by atoms with Gasteiger partial charge in [-0.25, -0.2) is 8.42 Å². The first kappa shape index (κ1) is 33.7. The minimum Gasteiger partial charge on any atom is -0.354 e. The number of nitrogens with zero attached hydrogens (tertiary/aromatic N) is 2. The van der Waals surface area contributed by atoms with E-state index in [4.69, 9.17) is 11.6 Å². The van der Waals surface area contributed by atoms with E-state index in [1.54, 1.807) is 60.7 Å². The second-order valence-corrected chi connectivity index (χ2v) is 13.4. The molecule has 0 aliphatic heterocycles. The first-order valence-corrected chi connectivity index (χ1v) is 16.9. The van der Waals surface area contributed by atoms with E-state index in [0.29, 0.717) is 22.8 Å². The van der Waals surface area contributed by atoms with E-state index >= 15 is 0 Å². The number of amides is 2. The minimum atomic E-state index is -4.16. The van der Waals surface area contributed by atoms with E-state index in [-0.39, 0.29) is 23.8 Å². The zero-order valence-corrected chi connectivity index (χ0v) is 27.5. The number of anilines is 1. The zero-order chi connectivity index (χ0) is 32.4. The van der Waals surface area contributed by atoms with Crippen LogP contribution in [0.5, 0.6) is 0 Å². The van der Waals surface area contributed by atoms with Crippen LogP contribution >= 0.6 is 11.6 Å². The molecule has 1 N–H and O–H groups in total. The lowest BCUT2D eigenvalue weighted by Gasteiger charge is -2.34. The van der Waals surface area contributed by atoms with Crippen molar-refractivity contribution in [2.45, 2.75) is 57.5 Å². The fraction of sp³-hybridized carbons (Fsp3) is 0.278. The van der Waals surface area contributed by atoms with Crippen molar-refractivity contribution in [1.82, 2.24) is 10.2 Å². The van der Waals surface area contributed by atoms with Gasteiger partial charge in [0.15, 0.2) is 0 Å². The molecule has 0 heterocycles. The highest BCUT2D eigenvalue weighted by Gasteiger charge is 2.35. The lowest BCUT2D eigenvalue weighted by molar-refractivity contribution is -0.140. The van der Waals surface area contributed by atoms with E-state index in [9.17, 15) is 18.0 Å². The van der Waals surface area contributed by atoms with Gasteiger partial charge in [-0.3, -0.25) is 13.9 Å². The third-order valence-electron chi connectivity index (χ3n) is 7.64. The summed E-state index contributed by atoms with van der Waals surface area (Å²) in [6.45, 7) is 5.79. The number of rotatable bonds is 14. The first-order valence-electron chi connectivity index (χ1n) is 15.1. The minimum absolute atomic E-state index is 0.0755. The first-order chi connectivity index (χ1) is 21.6. The number of aryl methyl sites for hydroxylation is 2. The monoisotopic (exact) mass is 645 g/mol. The van der Waals surface area contributed by atoms with Crippen molar-refractivity contribution in [2.75, 3.05) is 17.4 Å². The summed E-state index contributed by atoms with van der Waals surface area (Å²) in [5, 5.41) is 3.55. The molecule has 0 aromatic heterocycles. The molecular formula is C36H40ClN3O4S. The van der Waals surface area contributed by atoms with Crippen molar-refractivity contribution >= 4 is 39.1 Å². The van der Waals surface area contributed by atoms with Crippen molar-refractivity contribution in [3.63, 3.8) is 0 Å². The van der Waals surface area contributed by atoms with Gasteiger partial charge >= 0.3 is 0 Å². The molecule has 0 saturated heterocycles. The number of hydrogen-bond acceptors (Lipinski definition) is 4. The maximum absolute atomic E-state index is 14.5. The van der Waals surface area contributed by atoms with Crippen LogP contribution in [0.15, 0.2) is 108 Å². The number of nitrogens with one attached hydrogen (secondary N) is 1. The third kappa shape index (κ3) is 8.96. The summed E-state index contributed by atoms with van der Waals surface area (Å²) in [5.41, 5.74) is 3.65. The molecule has 9 heteroatoms.